The molecule has 20 heavy (non-hydrogen) atoms. The molecule has 0 saturated heterocycles. The zero-order valence-electron chi connectivity index (χ0n) is 12.8. The molecule has 5 heteroatoms. The molecule has 0 aromatic heterocycles. The predicted molar refractivity (Wildman–Crippen MR) is 91.9 cm³/mol. The Kier molecular flexibility index (Phi) is 6.29. The molecule has 0 aliphatic carbocycles. The molecule has 1 aromatic rings. The van der Waals surface area contributed by atoms with Gasteiger partial charge in [-0.1, -0.05) is 54.4 Å². The average molecular weight is 380 g/mol. The maximum absolute atomic E-state index is 9.36. The summed E-state index contributed by atoms with van der Waals surface area (Å²) in [5.74, 6) is 0. The highest BCUT2D eigenvalue weighted by molar-refractivity contribution is 9.10. The molecule has 0 amide bonds. The van der Waals surface area contributed by atoms with Gasteiger partial charge in [-0.2, -0.15) is 0 Å². The molecule has 1 unspecified atom stereocenters. The van der Waals surface area contributed by atoms with Crippen molar-refractivity contribution in [3.63, 3.8) is 0 Å². The highest BCUT2D eigenvalue weighted by Gasteiger charge is 2.39. The van der Waals surface area contributed by atoms with Crippen LogP contribution in [-0.4, -0.2) is 20.0 Å². The second kappa shape index (κ2) is 6.92. The van der Waals surface area contributed by atoms with E-state index in [-0.39, 0.29) is 17.7 Å². The van der Waals surface area contributed by atoms with Crippen LogP contribution >= 0.6 is 27.5 Å². The van der Waals surface area contributed by atoms with E-state index < -0.39 is 8.32 Å². The smallest absolute Gasteiger partial charge is 0.192 e. The number of rotatable bonds is 5. The lowest BCUT2D eigenvalue weighted by Crippen LogP contribution is -2.42. The van der Waals surface area contributed by atoms with Crippen LogP contribution in [0.1, 0.15) is 38.9 Å². The summed E-state index contributed by atoms with van der Waals surface area (Å²) in [4.78, 5) is 0. The molecule has 1 atom stereocenters. The molecule has 0 bridgehead atoms. The van der Waals surface area contributed by atoms with Crippen molar-refractivity contribution in [1.29, 1.82) is 0 Å². The fraction of sp³-hybridized carbons (Fsp3) is 0.600. The van der Waals surface area contributed by atoms with Crippen LogP contribution in [0, 0.1) is 0 Å². The quantitative estimate of drug-likeness (QED) is 0.680. The minimum absolute atomic E-state index is 0.0803. The third-order valence-corrected chi connectivity index (χ3v) is 9.46. The number of aliphatic hydroxyl groups excluding tert-OH is 1. The Morgan fingerprint density at radius 2 is 1.95 bits per heavy atom. The molecule has 0 fully saturated rings. The van der Waals surface area contributed by atoms with Gasteiger partial charge in [0.2, 0.25) is 0 Å². The summed E-state index contributed by atoms with van der Waals surface area (Å²) in [5.41, 5.74) is 0.938. The van der Waals surface area contributed by atoms with Gasteiger partial charge in [-0.25, -0.2) is 0 Å². The van der Waals surface area contributed by atoms with Gasteiger partial charge < -0.3 is 9.53 Å². The molecule has 0 spiro atoms. The number of hydrogen-bond acceptors (Lipinski definition) is 2. The summed E-state index contributed by atoms with van der Waals surface area (Å²) < 4.78 is 7.39. The fourth-order valence-corrected chi connectivity index (χ4v) is 4.06. The summed E-state index contributed by atoms with van der Waals surface area (Å²) in [6, 6.07) is 5.72. The number of halogens is 2. The van der Waals surface area contributed by atoms with Crippen molar-refractivity contribution in [1.82, 2.24) is 0 Å². The third kappa shape index (κ3) is 4.31. The number of benzene rings is 1. The van der Waals surface area contributed by atoms with Crippen LogP contribution in [0.15, 0.2) is 22.7 Å². The Hall–Kier alpha value is 0.127. The van der Waals surface area contributed by atoms with Crippen LogP contribution in [0.5, 0.6) is 0 Å². The zero-order chi connectivity index (χ0) is 15.6. The van der Waals surface area contributed by atoms with Crippen LogP contribution in [0.2, 0.25) is 23.2 Å². The lowest BCUT2D eigenvalue weighted by molar-refractivity contribution is 0.140. The molecular weight excluding hydrogens is 356 g/mol. The van der Waals surface area contributed by atoms with Gasteiger partial charge in [0, 0.05) is 21.7 Å². The van der Waals surface area contributed by atoms with Crippen LogP contribution in [0.3, 0.4) is 0 Å². The molecule has 1 aromatic carbocycles. The zero-order valence-corrected chi connectivity index (χ0v) is 16.2. The molecule has 1 N–H and O–H groups in total. The van der Waals surface area contributed by atoms with Crippen molar-refractivity contribution in [2.24, 2.45) is 0 Å². The van der Waals surface area contributed by atoms with Crippen molar-refractivity contribution in [3.05, 3.63) is 33.3 Å². The second-order valence-corrected chi connectivity index (χ2v) is 12.5. The van der Waals surface area contributed by atoms with E-state index in [0.717, 1.165) is 10.0 Å². The average Bonchev–Trinajstić information content (AvgIpc) is 2.26. The largest absolute Gasteiger partial charge is 0.410 e. The summed E-state index contributed by atoms with van der Waals surface area (Å²) in [7, 11) is -1.92. The van der Waals surface area contributed by atoms with Gasteiger partial charge in [0.15, 0.2) is 8.32 Å². The molecule has 1 rings (SSSR count). The highest BCUT2D eigenvalue weighted by atomic mass is 79.9. The Labute approximate surface area is 136 Å². The number of aliphatic hydroxyl groups is 1. The Morgan fingerprint density at radius 1 is 1.35 bits per heavy atom. The van der Waals surface area contributed by atoms with Gasteiger partial charge in [0.05, 0.1) is 6.10 Å². The van der Waals surface area contributed by atoms with Crippen LogP contribution in [-0.2, 0) is 4.43 Å². The Balaban J connectivity index is 3.13. The van der Waals surface area contributed by atoms with Gasteiger partial charge in [0.1, 0.15) is 0 Å². The molecule has 0 aliphatic heterocycles. The first-order chi connectivity index (χ1) is 9.10. The van der Waals surface area contributed by atoms with Crippen LogP contribution in [0.25, 0.3) is 0 Å². The normalized spacial score (nSPS) is 14.4. The van der Waals surface area contributed by atoms with E-state index in [2.05, 4.69) is 49.8 Å². The summed E-state index contributed by atoms with van der Waals surface area (Å²) >= 11 is 9.87. The minimum Gasteiger partial charge on any atom is -0.410 e. The van der Waals surface area contributed by atoms with Gasteiger partial charge in [-0.15, -0.1) is 0 Å². The van der Waals surface area contributed by atoms with Gasteiger partial charge in [-0.05, 0) is 36.7 Å². The molecule has 114 valence electrons. The summed E-state index contributed by atoms with van der Waals surface area (Å²) in [6.07, 6.45) is 0.374. The second-order valence-electron chi connectivity index (χ2n) is 6.51. The maximum Gasteiger partial charge on any atom is 0.192 e. The topological polar surface area (TPSA) is 29.5 Å². The van der Waals surface area contributed by atoms with Gasteiger partial charge in [0.25, 0.3) is 0 Å². The molecule has 0 aliphatic rings. The SMILES string of the molecule is CC(C)(C)[Si](C)(C)OC(CCO)c1c(Cl)cccc1Br. The van der Waals surface area contributed by atoms with Crippen molar-refractivity contribution in [3.8, 4) is 0 Å². The van der Waals surface area contributed by atoms with Gasteiger partial charge >= 0.3 is 0 Å². The maximum atomic E-state index is 9.36. The third-order valence-electron chi connectivity index (χ3n) is 3.96. The predicted octanol–water partition coefficient (Wildman–Crippen LogP) is 5.55. The first-order valence-electron chi connectivity index (χ1n) is 6.82. The van der Waals surface area contributed by atoms with E-state index in [1.807, 2.05) is 18.2 Å². The van der Waals surface area contributed by atoms with E-state index in [9.17, 15) is 5.11 Å². The molecular formula is C15H24BrClO2Si. The molecule has 0 heterocycles. The monoisotopic (exact) mass is 378 g/mol. The molecule has 0 saturated carbocycles. The minimum atomic E-state index is -1.92. The first kappa shape index (κ1) is 18.2. The van der Waals surface area contributed by atoms with E-state index in [0.29, 0.717) is 11.4 Å². The summed E-state index contributed by atoms with van der Waals surface area (Å²) in [6.45, 7) is 11.1. The Bertz CT molecular complexity index is 437. The summed E-state index contributed by atoms with van der Waals surface area (Å²) in [5, 5.41) is 10.2. The molecule has 0 radical (unpaired) electrons. The van der Waals surface area contributed by atoms with Crippen molar-refractivity contribution in [2.75, 3.05) is 6.61 Å². The van der Waals surface area contributed by atoms with Crippen LogP contribution in [0.4, 0.5) is 0 Å². The lowest BCUT2D eigenvalue weighted by atomic mass is 10.1. The number of hydrogen-bond donors (Lipinski definition) is 1. The Morgan fingerprint density at radius 3 is 2.40 bits per heavy atom. The fourth-order valence-electron chi connectivity index (χ4n) is 1.73. The van der Waals surface area contributed by atoms with Crippen molar-refractivity contribution >= 4 is 35.8 Å². The van der Waals surface area contributed by atoms with Crippen LogP contribution < -0.4 is 0 Å². The standard InChI is InChI=1S/C15H24BrClO2Si/c1-15(2,3)20(4,5)19-13(9-10-18)14-11(16)7-6-8-12(14)17/h6-8,13,18H,9-10H2,1-5H3. The first-order valence-corrected chi connectivity index (χ1v) is 10.9. The van der Waals surface area contributed by atoms with E-state index in [4.69, 9.17) is 16.0 Å². The van der Waals surface area contributed by atoms with Gasteiger partial charge in [-0.3, -0.25) is 0 Å². The van der Waals surface area contributed by atoms with E-state index in [1.165, 1.54) is 0 Å². The molecule has 2 nitrogen and oxygen atoms in total. The van der Waals surface area contributed by atoms with Crippen molar-refractivity contribution in [2.45, 2.75) is 51.4 Å². The van der Waals surface area contributed by atoms with E-state index in [1.54, 1.807) is 0 Å². The lowest BCUT2D eigenvalue weighted by Gasteiger charge is -2.39. The highest BCUT2D eigenvalue weighted by Crippen LogP contribution is 2.43. The van der Waals surface area contributed by atoms with E-state index >= 15 is 0 Å². The van der Waals surface area contributed by atoms with Crippen molar-refractivity contribution < 1.29 is 9.53 Å².